The van der Waals surface area contributed by atoms with E-state index in [1.165, 1.54) is 32.1 Å². The third kappa shape index (κ3) is 15.6. The Morgan fingerprint density at radius 2 is 1.38 bits per heavy atom. The van der Waals surface area contributed by atoms with Crippen molar-refractivity contribution < 1.29 is 14.6 Å². The molecule has 126 valence electrons. The third-order valence-corrected chi connectivity index (χ3v) is 3.86. The van der Waals surface area contributed by atoms with Crippen LogP contribution >= 0.6 is 0 Å². The van der Waals surface area contributed by atoms with Crippen molar-refractivity contribution in [1.82, 2.24) is 0 Å². The van der Waals surface area contributed by atoms with Crippen LogP contribution in [0.25, 0.3) is 0 Å². The van der Waals surface area contributed by atoms with Crippen molar-refractivity contribution in [3.8, 4) is 0 Å². The Kier molecular flexibility index (Phi) is 15.4. The molecule has 0 radical (unpaired) electrons. The highest BCUT2D eigenvalue weighted by Gasteiger charge is 2.04. The van der Waals surface area contributed by atoms with Gasteiger partial charge in [0, 0.05) is 6.42 Å². The largest absolute Gasteiger partial charge is 0.466 e. The monoisotopic (exact) mass is 300 g/mol. The van der Waals surface area contributed by atoms with Crippen molar-refractivity contribution in [2.24, 2.45) is 0 Å². The minimum atomic E-state index is -0.105. The lowest BCUT2D eigenvalue weighted by Gasteiger charge is -2.10. The summed E-state index contributed by atoms with van der Waals surface area (Å²) in [5.74, 6) is -0.0732. The molecule has 0 saturated carbocycles. The number of unbranched alkanes of at least 4 members (excludes halogenated alkanes) is 8. The normalized spacial score (nSPS) is 12.3. The summed E-state index contributed by atoms with van der Waals surface area (Å²) in [4.78, 5) is 11.1. The van der Waals surface area contributed by atoms with Crippen molar-refractivity contribution in [1.29, 1.82) is 0 Å². The molecule has 0 rings (SSSR count). The number of carbonyl (C=O) groups excluding carboxylic acids is 1. The molecule has 0 aliphatic heterocycles. The van der Waals surface area contributed by atoms with Gasteiger partial charge in [-0.1, -0.05) is 64.7 Å². The summed E-state index contributed by atoms with van der Waals surface area (Å²) in [7, 11) is 0. The number of hydrogen-bond donors (Lipinski definition) is 1. The Labute approximate surface area is 131 Å². The molecule has 1 N–H and O–H groups in total. The molecule has 0 heterocycles. The van der Waals surface area contributed by atoms with Gasteiger partial charge in [0.1, 0.15) is 0 Å². The number of rotatable bonds is 15. The summed E-state index contributed by atoms with van der Waals surface area (Å²) < 4.78 is 4.89. The maximum absolute atomic E-state index is 11.1. The first-order valence-corrected chi connectivity index (χ1v) is 9.04. The molecule has 0 spiro atoms. The van der Waals surface area contributed by atoms with Crippen molar-refractivity contribution >= 4 is 5.97 Å². The van der Waals surface area contributed by atoms with E-state index >= 15 is 0 Å². The van der Waals surface area contributed by atoms with Gasteiger partial charge in [0.05, 0.1) is 12.7 Å². The van der Waals surface area contributed by atoms with Crippen LogP contribution in [0.1, 0.15) is 97.3 Å². The van der Waals surface area contributed by atoms with Crippen LogP contribution in [-0.2, 0) is 9.53 Å². The molecule has 3 heteroatoms. The molecule has 0 fully saturated rings. The summed E-state index contributed by atoms with van der Waals surface area (Å²) >= 11 is 0. The van der Waals surface area contributed by atoms with Gasteiger partial charge in [-0.3, -0.25) is 4.79 Å². The molecule has 0 saturated heterocycles. The van der Waals surface area contributed by atoms with E-state index in [9.17, 15) is 9.90 Å². The van der Waals surface area contributed by atoms with E-state index in [4.69, 9.17) is 4.74 Å². The third-order valence-electron chi connectivity index (χ3n) is 3.86. The Hall–Kier alpha value is -0.570. The highest BCUT2D eigenvalue weighted by atomic mass is 16.5. The van der Waals surface area contributed by atoms with Crippen LogP contribution in [-0.4, -0.2) is 23.8 Å². The second-order valence-corrected chi connectivity index (χ2v) is 5.97. The quantitative estimate of drug-likeness (QED) is 0.342. The van der Waals surface area contributed by atoms with Crippen LogP contribution < -0.4 is 0 Å². The molecule has 0 aliphatic carbocycles. The van der Waals surface area contributed by atoms with Crippen LogP contribution in [0.5, 0.6) is 0 Å². The van der Waals surface area contributed by atoms with Gasteiger partial charge in [0.25, 0.3) is 0 Å². The van der Waals surface area contributed by atoms with Gasteiger partial charge in [-0.15, -0.1) is 0 Å². The van der Waals surface area contributed by atoms with E-state index < -0.39 is 0 Å². The zero-order valence-corrected chi connectivity index (χ0v) is 14.2. The molecular formula is C18H36O3. The predicted molar refractivity (Wildman–Crippen MR) is 88.3 cm³/mol. The topological polar surface area (TPSA) is 46.5 Å². The Balaban J connectivity index is 3.21. The van der Waals surface area contributed by atoms with E-state index in [0.29, 0.717) is 13.0 Å². The average molecular weight is 300 g/mol. The molecule has 0 bridgehead atoms. The lowest BCUT2D eigenvalue weighted by Crippen LogP contribution is -2.06. The molecular weight excluding hydrogens is 264 g/mol. The van der Waals surface area contributed by atoms with Gasteiger partial charge >= 0.3 is 5.97 Å². The van der Waals surface area contributed by atoms with Gasteiger partial charge in [0.2, 0.25) is 0 Å². The zero-order valence-electron chi connectivity index (χ0n) is 14.2. The second kappa shape index (κ2) is 15.8. The summed E-state index contributed by atoms with van der Waals surface area (Å²) in [6, 6.07) is 0. The molecule has 1 unspecified atom stereocenters. The SMILES string of the molecule is CCCCCCCC(O)CCCCCCCC(=O)OCC. The van der Waals surface area contributed by atoms with Crippen LogP contribution in [0.15, 0.2) is 0 Å². The summed E-state index contributed by atoms with van der Waals surface area (Å²) in [6.45, 7) is 4.55. The molecule has 0 aromatic carbocycles. The maximum Gasteiger partial charge on any atom is 0.305 e. The van der Waals surface area contributed by atoms with E-state index in [1.54, 1.807) is 0 Å². The molecule has 3 nitrogen and oxygen atoms in total. The van der Waals surface area contributed by atoms with E-state index in [1.807, 2.05) is 6.92 Å². The Morgan fingerprint density at radius 1 is 0.857 bits per heavy atom. The fourth-order valence-corrected chi connectivity index (χ4v) is 2.54. The van der Waals surface area contributed by atoms with Crippen LogP contribution in [0.4, 0.5) is 0 Å². The molecule has 1 atom stereocenters. The van der Waals surface area contributed by atoms with Gasteiger partial charge in [-0.05, 0) is 26.2 Å². The standard InChI is InChI=1S/C18H36O3/c1-3-5-6-8-11-14-17(19)15-12-9-7-10-13-16-18(20)21-4-2/h17,19H,3-16H2,1-2H3. The van der Waals surface area contributed by atoms with Crippen LogP contribution in [0, 0.1) is 0 Å². The van der Waals surface area contributed by atoms with Crippen LogP contribution in [0.3, 0.4) is 0 Å². The number of carbonyl (C=O) groups is 1. The fraction of sp³-hybridized carbons (Fsp3) is 0.944. The van der Waals surface area contributed by atoms with Gasteiger partial charge in [0.15, 0.2) is 0 Å². The molecule has 0 aromatic heterocycles. The van der Waals surface area contributed by atoms with Crippen molar-refractivity contribution in [3.63, 3.8) is 0 Å². The van der Waals surface area contributed by atoms with Gasteiger partial charge < -0.3 is 9.84 Å². The summed E-state index contributed by atoms with van der Waals surface area (Å²) in [5.41, 5.74) is 0. The second-order valence-electron chi connectivity index (χ2n) is 5.97. The minimum Gasteiger partial charge on any atom is -0.466 e. The van der Waals surface area contributed by atoms with Crippen molar-refractivity contribution in [3.05, 3.63) is 0 Å². The summed E-state index contributed by atoms with van der Waals surface area (Å²) in [5, 5.41) is 9.88. The lowest BCUT2D eigenvalue weighted by atomic mass is 10.0. The van der Waals surface area contributed by atoms with Gasteiger partial charge in [-0.25, -0.2) is 0 Å². The van der Waals surface area contributed by atoms with Crippen molar-refractivity contribution in [2.75, 3.05) is 6.61 Å². The van der Waals surface area contributed by atoms with E-state index in [2.05, 4.69) is 6.92 Å². The number of aliphatic hydroxyl groups is 1. The lowest BCUT2D eigenvalue weighted by molar-refractivity contribution is -0.143. The highest BCUT2D eigenvalue weighted by Crippen LogP contribution is 2.13. The average Bonchev–Trinajstić information content (AvgIpc) is 2.46. The molecule has 21 heavy (non-hydrogen) atoms. The smallest absolute Gasteiger partial charge is 0.305 e. The zero-order chi connectivity index (χ0) is 15.8. The Bertz CT molecular complexity index is 229. The van der Waals surface area contributed by atoms with Gasteiger partial charge in [-0.2, -0.15) is 0 Å². The fourth-order valence-electron chi connectivity index (χ4n) is 2.54. The molecule has 0 aliphatic rings. The number of ether oxygens (including phenoxy) is 1. The first-order valence-electron chi connectivity index (χ1n) is 9.04. The minimum absolute atomic E-state index is 0.0732. The first kappa shape index (κ1) is 20.4. The highest BCUT2D eigenvalue weighted by molar-refractivity contribution is 5.69. The Morgan fingerprint density at radius 3 is 1.95 bits per heavy atom. The number of esters is 1. The number of hydrogen-bond acceptors (Lipinski definition) is 3. The summed E-state index contributed by atoms with van der Waals surface area (Å²) in [6.07, 6.45) is 14.1. The van der Waals surface area contributed by atoms with Crippen LogP contribution in [0.2, 0.25) is 0 Å². The molecule has 0 amide bonds. The molecule has 0 aromatic rings. The maximum atomic E-state index is 11.1. The van der Waals surface area contributed by atoms with E-state index in [-0.39, 0.29) is 12.1 Å². The van der Waals surface area contributed by atoms with Crippen molar-refractivity contribution in [2.45, 2.75) is 103 Å². The van der Waals surface area contributed by atoms with E-state index in [0.717, 1.165) is 44.9 Å². The predicted octanol–water partition coefficient (Wildman–Crippen LogP) is 5.00. The number of aliphatic hydroxyl groups excluding tert-OH is 1. The first-order chi connectivity index (χ1) is 10.2.